The monoisotopic (exact) mass is 290 g/mol. The Kier molecular flexibility index (Phi) is 5.05. The van der Waals surface area contributed by atoms with Gasteiger partial charge in [0.2, 0.25) is 0 Å². The summed E-state index contributed by atoms with van der Waals surface area (Å²) in [5.74, 6) is 1.59. The molecule has 0 unspecified atom stereocenters. The van der Waals surface area contributed by atoms with E-state index in [2.05, 4.69) is 20.6 Å². The highest BCUT2D eigenvalue weighted by Gasteiger charge is 2.07. The highest BCUT2D eigenvalue weighted by atomic mass is 19.1. The van der Waals surface area contributed by atoms with Crippen LogP contribution in [0, 0.1) is 12.7 Å². The van der Waals surface area contributed by atoms with E-state index >= 15 is 0 Å². The molecule has 2 rings (SSSR count). The molecule has 0 spiro atoms. The predicted octanol–water partition coefficient (Wildman–Crippen LogP) is 3.25. The second-order valence-corrected chi connectivity index (χ2v) is 4.48. The van der Waals surface area contributed by atoms with E-state index < -0.39 is 0 Å². The first-order valence-corrected chi connectivity index (χ1v) is 6.79. The van der Waals surface area contributed by atoms with Crippen molar-refractivity contribution in [1.82, 2.24) is 9.97 Å². The van der Waals surface area contributed by atoms with Gasteiger partial charge in [0.1, 0.15) is 24.1 Å². The molecular formula is C15H19FN4O. The maximum Gasteiger partial charge on any atom is 0.158 e. The van der Waals surface area contributed by atoms with Gasteiger partial charge in [-0.2, -0.15) is 0 Å². The standard InChI is InChI=1S/C15H19FN4O/c1-4-21-9-15-19-13(17-3)8-14(20-15)18-12-7-5-6-11(16)10(12)2/h5-8H,4,9H2,1-3H3,(H2,17,18,19,20). The summed E-state index contributed by atoms with van der Waals surface area (Å²) in [5.41, 5.74) is 1.23. The van der Waals surface area contributed by atoms with Crippen molar-refractivity contribution >= 4 is 17.3 Å². The summed E-state index contributed by atoms with van der Waals surface area (Å²) in [6, 6.07) is 6.66. The van der Waals surface area contributed by atoms with Gasteiger partial charge in [0.25, 0.3) is 0 Å². The van der Waals surface area contributed by atoms with E-state index in [-0.39, 0.29) is 5.82 Å². The molecule has 0 radical (unpaired) electrons. The highest BCUT2D eigenvalue weighted by Crippen LogP contribution is 2.22. The van der Waals surface area contributed by atoms with Crippen LogP contribution in [-0.2, 0) is 11.3 Å². The van der Waals surface area contributed by atoms with Gasteiger partial charge in [-0.15, -0.1) is 0 Å². The zero-order valence-electron chi connectivity index (χ0n) is 12.4. The Morgan fingerprint density at radius 1 is 1.24 bits per heavy atom. The number of hydrogen-bond acceptors (Lipinski definition) is 5. The molecule has 5 nitrogen and oxygen atoms in total. The van der Waals surface area contributed by atoms with E-state index in [0.717, 1.165) is 0 Å². The van der Waals surface area contributed by atoms with Crippen molar-refractivity contribution in [2.24, 2.45) is 0 Å². The van der Waals surface area contributed by atoms with E-state index in [9.17, 15) is 4.39 Å². The van der Waals surface area contributed by atoms with Crippen molar-refractivity contribution < 1.29 is 9.13 Å². The molecule has 0 amide bonds. The van der Waals surface area contributed by atoms with Crippen molar-refractivity contribution in [3.63, 3.8) is 0 Å². The molecule has 0 aliphatic rings. The molecular weight excluding hydrogens is 271 g/mol. The Morgan fingerprint density at radius 2 is 2.00 bits per heavy atom. The van der Waals surface area contributed by atoms with Crippen molar-refractivity contribution in [2.45, 2.75) is 20.5 Å². The molecule has 0 bridgehead atoms. The Balaban J connectivity index is 2.28. The third kappa shape index (κ3) is 3.88. The lowest BCUT2D eigenvalue weighted by atomic mass is 10.2. The molecule has 0 saturated heterocycles. The summed E-state index contributed by atoms with van der Waals surface area (Å²) in [6.45, 7) is 4.57. The number of rotatable bonds is 6. The van der Waals surface area contributed by atoms with Crippen LogP contribution in [0.5, 0.6) is 0 Å². The molecule has 6 heteroatoms. The van der Waals surface area contributed by atoms with Crippen LogP contribution in [0.2, 0.25) is 0 Å². The maximum atomic E-state index is 13.6. The van der Waals surface area contributed by atoms with Gasteiger partial charge in [-0.1, -0.05) is 6.07 Å². The molecule has 0 atom stereocenters. The summed E-state index contributed by atoms with van der Waals surface area (Å²) in [7, 11) is 1.78. The topological polar surface area (TPSA) is 59.1 Å². The molecule has 21 heavy (non-hydrogen) atoms. The van der Waals surface area contributed by atoms with Crippen LogP contribution in [0.1, 0.15) is 18.3 Å². The average molecular weight is 290 g/mol. The van der Waals surface area contributed by atoms with Gasteiger partial charge in [-0.05, 0) is 26.0 Å². The first-order valence-electron chi connectivity index (χ1n) is 6.79. The van der Waals surface area contributed by atoms with Crippen molar-refractivity contribution in [2.75, 3.05) is 24.3 Å². The van der Waals surface area contributed by atoms with Gasteiger partial charge in [0.15, 0.2) is 5.82 Å². The predicted molar refractivity (Wildman–Crippen MR) is 81.3 cm³/mol. The number of halogens is 1. The SMILES string of the molecule is CCOCc1nc(NC)cc(Nc2cccc(F)c2C)n1. The van der Waals surface area contributed by atoms with Crippen LogP contribution in [0.3, 0.4) is 0 Å². The molecule has 1 aromatic carbocycles. The number of hydrogen-bond donors (Lipinski definition) is 2. The first kappa shape index (κ1) is 15.2. The van der Waals surface area contributed by atoms with Crippen LogP contribution in [0.15, 0.2) is 24.3 Å². The molecule has 0 fully saturated rings. The number of nitrogens with one attached hydrogen (secondary N) is 2. The highest BCUT2D eigenvalue weighted by molar-refractivity contribution is 5.62. The van der Waals surface area contributed by atoms with E-state index in [0.29, 0.717) is 41.9 Å². The molecule has 0 saturated carbocycles. The van der Waals surface area contributed by atoms with E-state index in [4.69, 9.17) is 4.74 Å². The third-order valence-corrected chi connectivity index (χ3v) is 2.99. The lowest BCUT2D eigenvalue weighted by molar-refractivity contribution is 0.128. The zero-order chi connectivity index (χ0) is 15.2. The van der Waals surface area contributed by atoms with E-state index in [1.54, 1.807) is 26.1 Å². The summed E-state index contributed by atoms with van der Waals surface area (Å²) < 4.78 is 18.9. The Morgan fingerprint density at radius 3 is 2.71 bits per heavy atom. The van der Waals surface area contributed by atoms with Crippen LogP contribution in [0.25, 0.3) is 0 Å². The van der Waals surface area contributed by atoms with Gasteiger partial charge in [-0.25, -0.2) is 14.4 Å². The Labute approximate surface area is 123 Å². The van der Waals surface area contributed by atoms with Gasteiger partial charge < -0.3 is 15.4 Å². The van der Waals surface area contributed by atoms with E-state index in [1.807, 2.05) is 13.0 Å². The van der Waals surface area contributed by atoms with Crippen molar-refractivity contribution in [3.8, 4) is 0 Å². The van der Waals surface area contributed by atoms with Crippen LogP contribution >= 0.6 is 0 Å². The van der Waals surface area contributed by atoms with Gasteiger partial charge in [0, 0.05) is 31.0 Å². The van der Waals surface area contributed by atoms with Crippen molar-refractivity contribution in [3.05, 3.63) is 41.5 Å². The quantitative estimate of drug-likeness (QED) is 0.855. The summed E-state index contributed by atoms with van der Waals surface area (Å²) in [6.07, 6.45) is 0. The van der Waals surface area contributed by atoms with Crippen molar-refractivity contribution in [1.29, 1.82) is 0 Å². The molecule has 0 aliphatic carbocycles. The van der Waals surface area contributed by atoms with Crippen LogP contribution < -0.4 is 10.6 Å². The molecule has 1 heterocycles. The number of ether oxygens (including phenoxy) is 1. The Bertz CT molecular complexity index is 619. The number of benzene rings is 1. The lowest BCUT2D eigenvalue weighted by Gasteiger charge is -2.12. The van der Waals surface area contributed by atoms with Gasteiger partial charge in [-0.3, -0.25) is 0 Å². The summed E-state index contributed by atoms with van der Waals surface area (Å²) >= 11 is 0. The number of aromatic nitrogens is 2. The summed E-state index contributed by atoms with van der Waals surface area (Å²) in [5, 5.41) is 6.09. The minimum absolute atomic E-state index is 0.252. The normalized spacial score (nSPS) is 10.5. The zero-order valence-corrected chi connectivity index (χ0v) is 12.4. The van der Waals surface area contributed by atoms with Crippen LogP contribution in [0.4, 0.5) is 21.7 Å². The average Bonchev–Trinajstić information content (AvgIpc) is 2.49. The fourth-order valence-corrected chi connectivity index (χ4v) is 1.83. The Hall–Kier alpha value is -2.21. The maximum absolute atomic E-state index is 13.6. The largest absolute Gasteiger partial charge is 0.374 e. The second kappa shape index (κ2) is 6.99. The van der Waals surface area contributed by atoms with Gasteiger partial charge in [0.05, 0.1) is 0 Å². The first-order chi connectivity index (χ1) is 10.1. The second-order valence-electron chi connectivity index (χ2n) is 4.48. The fraction of sp³-hybridized carbons (Fsp3) is 0.333. The number of anilines is 3. The molecule has 2 aromatic rings. The molecule has 0 aliphatic heterocycles. The third-order valence-electron chi connectivity index (χ3n) is 2.99. The molecule has 112 valence electrons. The fourth-order valence-electron chi connectivity index (χ4n) is 1.83. The van der Waals surface area contributed by atoms with Crippen LogP contribution in [-0.4, -0.2) is 23.6 Å². The minimum Gasteiger partial charge on any atom is -0.374 e. The minimum atomic E-state index is -0.252. The smallest absolute Gasteiger partial charge is 0.158 e. The van der Waals surface area contributed by atoms with E-state index in [1.165, 1.54) is 6.07 Å². The lowest BCUT2D eigenvalue weighted by Crippen LogP contribution is -2.06. The molecule has 2 N–H and O–H groups in total. The summed E-state index contributed by atoms with van der Waals surface area (Å²) in [4.78, 5) is 8.68. The molecule has 1 aromatic heterocycles. The number of nitrogens with zero attached hydrogens (tertiary/aromatic N) is 2. The van der Waals surface area contributed by atoms with Gasteiger partial charge >= 0.3 is 0 Å².